The lowest BCUT2D eigenvalue weighted by atomic mass is 10.0. The SMILES string of the molecule is O=C(Cc1ccccc1C(F)(F)F)N1CCC[C@H]1[C@@H]1CCCO1. The molecule has 0 saturated carbocycles. The minimum atomic E-state index is -4.43. The zero-order valence-electron chi connectivity index (χ0n) is 12.8. The van der Waals surface area contributed by atoms with Gasteiger partial charge in [0.15, 0.2) is 0 Å². The average molecular weight is 327 g/mol. The summed E-state index contributed by atoms with van der Waals surface area (Å²) in [6.07, 6.45) is -0.934. The highest BCUT2D eigenvalue weighted by molar-refractivity contribution is 5.80. The van der Waals surface area contributed by atoms with Crippen molar-refractivity contribution in [2.45, 2.75) is 50.4 Å². The Hall–Kier alpha value is -1.56. The van der Waals surface area contributed by atoms with Gasteiger partial charge in [0.2, 0.25) is 5.91 Å². The molecule has 1 aromatic rings. The second-order valence-corrected chi connectivity index (χ2v) is 6.18. The number of halogens is 3. The minimum Gasteiger partial charge on any atom is -0.376 e. The third-order valence-corrected chi connectivity index (χ3v) is 4.68. The fraction of sp³-hybridized carbons (Fsp3) is 0.588. The molecule has 1 aromatic carbocycles. The molecule has 0 aromatic heterocycles. The molecule has 126 valence electrons. The smallest absolute Gasteiger partial charge is 0.376 e. The van der Waals surface area contributed by atoms with Gasteiger partial charge in [-0.15, -0.1) is 0 Å². The lowest BCUT2D eigenvalue weighted by Gasteiger charge is -2.29. The van der Waals surface area contributed by atoms with E-state index in [0.29, 0.717) is 13.2 Å². The molecule has 23 heavy (non-hydrogen) atoms. The maximum absolute atomic E-state index is 13.1. The summed E-state index contributed by atoms with van der Waals surface area (Å²) in [7, 11) is 0. The van der Waals surface area contributed by atoms with E-state index in [1.165, 1.54) is 12.1 Å². The Balaban J connectivity index is 1.74. The first-order valence-electron chi connectivity index (χ1n) is 8.03. The normalized spacial score (nSPS) is 25.1. The highest BCUT2D eigenvalue weighted by Crippen LogP contribution is 2.33. The van der Waals surface area contributed by atoms with Crippen molar-refractivity contribution in [1.29, 1.82) is 0 Å². The van der Waals surface area contributed by atoms with Crippen molar-refractivity contribution in [3.8, 4) is 0 Å². The van der Waals surface area contributed by atoms with Gasteiger partial charge >= 0.3 is 6.18 Å². The van der Waals surface area contributed by atoms with Crippen molar-refractivity contribution in [2.24, 2.45) is 0 Å². The van der Waals surface area contributed by atoms with Crippen molar-refractivity contribution >= 4 is 5.91 Å². The zero-order valence-corrected chi connectivity index (χ0v) is 12.8. The quantitative estimate of drug-likeness (QED) is 0.851. The first kappa shape index (κ1) is 16.3. The average Bonchev–Trinajstić information content (AvgIpc) is 3.17. The van der Waals surface area contributed by atoms with E-state index in [4.69, 9.17) is 4.74 Å². The number of ether oxygens (including phenoxy) is 1. The van der Waals surface area contributed by atoms with Crippen LogP contribution in [-0.4, -0.2) is 36.1 Å². The number of rotatable bonds is 3. The molecule has 2 aliphatic rings. The number of amides is 1. The molecular formula is C17H20F3NO2. The second-order valence-electron chi connectivity index (χ2n) is 6.18. The van der Waals surface area contributed by atoms with E-state index in [1.54, 1.807) is 11.0 Å². The Morgan fingerprint density at radius 2 is 2.00 bits per heavy atom. The number of alkyl halides is 3. The summed E-state index contributed by atoms with van der Waals surface area (Å²) in [5.41, 5.74) is -0.677. The summed E-state index contributed by atoms with van der Waals surface area (Å²) in [6.45, 7) is 1.32. The van der Waals surface area contributed by atoms with Crippen LogP contribution >= 0.6 is 0 Å². The molecule has 0 unspecified atom stereocenters. The van der Waals surface area contributed by atoms with Crippen LogP contribution in [0.3, 0.4) is 0 Å². The van der Waals surface area contributed by atoms with Gasteiger partial charge in [0.1, 0.15) is 0 Å². The largest absolute Gasteiger partial charge is 0.416 e. The molecule has 3 nitrogen and oxygen atoms in total. The molecule has 0 aliphatic carbocycles. The van der Waals surface area contributed by atoms with Crippen LogP contribution in [0.2, 0.25) is 0 Å². The van der Waals surface area contributed by atoms with E-state index in [2.05, 4.69) is 0 Å². The Kier molecular flexibility index (Phi) is 4.62. The molecule has 0 spiro atoms. The monoisotopic (exact) mass is 327 g/mol. The molecule has 6 heteroatoms. The molecule has 2 atom stereocenters. The summed E-state index contributed by atoms with van der Waals surface area (Å²) >= 11 is 0. The van der Waals surface area contributed by atoms with Crippen LogP contribution in [0.1, 0.15) is 36.8 Å². The Bertz CT molecular complexity index is 567. The first-order chi connectivity index (χ1) is 11.0. The van der Waals surface area contributed by atoms with Crippen LogP contribution in [0.25, 0.3) is 0 Å². The molecule has 0 bridgehead atoms. The van der Waals surface area contributed by atoms with Gasteiger partial charge in [-0.05, 0) is 37.3 Å². The van der Waals surface area contributed by atoms with Crippen LogP contribution in [0.5, 0.6) is 0 Å². The number of carbonyl (C=O) groups excluding carboxylic acids is 1. The van der Waals surface area contributed by atoms with Crippen molar-refractivity contribution in [3.63, 3.8) is 0 Å². The van der Waals surface area contributed by atoms with Gasteiger partial charge in [-0.25, -0.2) is 0 Å². The fourth-order valence-corrected chi connectivity index (χ4v) is 3.61. The molecule has 1 amide bonds. The van der Waals surface area contributed by atoms with E-state index in [0.717, 1.165) is 31.7 Å². The molecule has 0 N–H and O–H groups in total. The molecule has 2 heterocycles. The van der Waals surface area contributed by atoms with Crippen molar-refractivity contribution in [1.82, 2.24) is 4.90 Å². The maximum Gasteiger partial charge on any atom is 0.416 e. The van der Waals surface area contributed by atoms with E-state index in [-0.39, 0.29) is 30.0 Å². The first-order valence-corrected chi connectivity index (χ1v) is 8.03. The van der Waals surface area contributed by atoms with Crippen LogP contribution in [0, 0.1) is 0 Å². The predicted molar refractivity (Wildman–Crippen MR) is 78.9 cm³/mol. The van der Waals surface area contributed by atoms with Gasteiger partial charge in [0.05, 0.1) is 24.1 Å². The summed E-state index contributed by atoms with van der Waals surface area (Å²) in [5, 5.41) is 0. The number of hydrogen-bond donors (Lipinski definition) is 0. The molecule has 0 radical (unpaired) electrons. The van der Waals surface area contributed by atoms with Crippen molar-refractivity contribution in [2.75, 3.05) is 13.2 Å². The van der Waals surface area contributed by atoms with Crippen LogP contribution in [0.4, 0.5) is 13.2 Å². The van der Waals surface area contributed by atoms with E-state index in [9.17, 15) is 18.0 Å². The third-order valence-electron chi connectivity index (χ3n) is 4.68. The number of benzene rings is 1. The fourth-order valence-electron chi connectivity index (χ4n) is 3.61. The van der Waals surface area contributed by atoms with E-state index < -0.39 is 11.7 Å². The summed E-state index contributed by atoms with van der Waals surface area (Å²) < 4.78 is 44.8. The van der Waals surface area contributed by atoms with Crippen LogP contribution in [0.15, 0.2) is 24.3 Å². The number of nitrogens with zero attached hydrogens (tertiary/aromatic N) is 1. The van der Waals surface area contributed by atoms with Gasteiger partial charge in [-0.1, -0.05) is 18.2 Å². The summed E-state index contributed by atoms with van der Waals surface area (Å²) in [5.74, 6) is -0.236. The summed E-state index contributed by atoms with van der Waals surface area (Å²) in [4.78, 5) is 14.3. The van der Waals surface area contributed by atoms with E-state index in [1.807, 2.05) is 0 Å². The highest BCUT2D eigenvalue weighted by atomic mass is 19.4. The Labute approximate surface area is 133 Å². The van der Waals surface area contributed by atoms with Gasteiger partial charge in [-0.3, -0.25) is 4.79 Å². The van der Waals surface area contributed by atoms with Crippen LogP contribution < -0.4 is 0 Å². The Morgan fingerprint density at radius 1 is 1.22 bits per heavy atom. The molecule has 3 rings (SSSR count). The molecular weight excluding hydrogens is 307 g/mol. The van der Waals surface area contributed by atoms with Gasteiger partial charge in [0, 0.05) is 13.2 Å². The minimum absolute atomic E-state index is 0.0167. The number of carbonyl (C=O) groups is 1. The van der Waals surface area contributed by atoms with Gasteiger partial charge in [0.25, 0.3) is 0 Å². The third kappa shape index (κ3) is 3.52. The topological polar surface area (TPSA) is 29.5 Å². The molecule has 2 fully saturated rings. The highest BCUT2D eigenvalue weighted by Gasteiger charge is 2.38. The number of hydrogen-bond acceptors (Lipinski definition) is 2. The van der Waals surface area contributed by atoms with Crippen molar-refractivity contribution in [3.05, 3.63) is 35.4 Å². The standard InChI is InChI=1S/C17H20F3NO2/c18-17(19,20)13-6-2-1-5-12(13)11-16(22)21-9-3-7-14(21)15-8-4-10-23-15/h1-2,5-6,14-15H,3-4,7-11H2/t14-,15-/m0/s1. The number of likely N-dealkylation sites (tertiary alicyclic amines) is 1. The maximum atomic E-state index is 13.1. The molecule has 2 saturated heterocycles. The zero-order chi connectivity index (χ0) is 16.4. The van der Waals surface area contributed by atoms with E-state index >= 15 is 0 Å². The van der Waals surface area contributed by atoms with Gasteiger partial charge < -0.3 is 9.64 Å². The van der Waals surface area contributed by atoms with Gasteiger partial charge in [-0.2, -0.15) is 13.2 Å². The van der Waals surface area contributed by atoms with Crippen molar-refractivity contribution < 1.29 is 22.7 Å². The second kappa shape index (κ2) is 6.51. The lowest BCUT2D eigenvalue weighted by molar-refractivity contribution is -0.139. The molecule has 2 aliphatic heterocycles. The Morgan fingerprint density at radius 3 is 2.70 bits per heavy atom. The predicted octanol–water partition coefficient (Wildman–Crippen LogP) is 3.42. The van der Waals surface area contributed by atoms with Crippen LogP contribution in [-0.2, 0) is 22.1 Å². The lowest BCUT2D eigenvalue weighted by Crippen LogP contribution is -2.43. The summed E-state index contributed by atoms with van der Waals surface area (Å²) in [6, 6.07) is 5.33.